The quantitative estimate of drug-likeness (QED) is 0.752. The molecule has 0 atom stereocenters. The average Bonchev–Trinajstić information content (AvgIpc) is 2.91. The minimum Gasteiger partial charge on any atom is -0.326 e. The number of thiophene rings is 1. The van der Waals surface area contributed by atoms with E-state index >= 15 is 0 Å². The van der Waals surface area contributed by atoms with Gasteiger partial charge in [0.2, 0.25) is 0 Å². The van der Waals surface area contributed by atoms with Gasteiger partial charge in [0.1, 0.15) is 0 Å². The second-order valence-electron chi connectivity index (χ2n) is 4.03. The fourth-order valence-electron chi connectivity index (χ4n) is 2.07. The summed E-state index contributed by atoms with van der Waals surface area (Å²) in [4.78, 5) is 0. The highest BCUT2D eigenvalue weighted by atomic mass is 32.1. The van der Waals surface area contributed by atoms with Crippen LogP contribution in [0.1, 0.15) is 5.56 Å². The van der Waals surface area contributed by atoms with E-state index in [9.17, 15) is 0 Å². The van der Waals surface area contributed by atoms with Crippen molar-refractivity contribution < 1.29 is 0 Å². The van der Waals surface area contributed by atoms with Crippen molar-refractivity contribution in [3.63, 3.8) is 0 Å². The van der Waals surface area contributed by atoms with Crippen LogP contribution in [-0.4, -0.2) is 9.78 Å². The Morgan fingerprint density at radius 1 is 1.35 bits per heavy atom. The standard InChI is InChI=1S/C13H13N3S/c1-16-7-9(6-14)13(15-16)11-8-17-12-5-3-2-4-10(11)12/h2-5,7-8H,6,14H2,1H3. The minimum absolute atomic E-state index is 0.521. The monoisotopic (exact) mass is 243 g/mol. The molecular formula is C13H13N3S. The van der Waals surface area contributed by atoms with Crippen molar-refractivity contribution in [3.8, 4) is 11.3 Å². The van der Waals surface area contributed by atoms with Gasteiger partial charge in [-0.05, 0) is 6.07 Å². The molecule has 0 radical (unpaired) electrons. The third-order valence-electron chi connectivity index (χ3n) is 2.86. The average molecular weight is 243 g/mol. The molecule has 0 unspecified atom stereocenters. The van der Waals surface area contributed by atoms with E-state index in [4.69, 9.17) is 5.73 Å². The van der Waals surface area contributed by atoms with Crippen molar-refractivity contribution in [3.05, 3.63) is 41.4 Å². The van der Waals surface area contributed by atoms with Crippen molar-refractivity contribution >= 4 is 21.4 Å². The van der Waals surface area contributed by atoms with E-state index in [0.29, 0.717) is 6.54 Å². The van der Waals surface area contributed by atoms with Crippen LogP contribution in [0.4, 0.5) is 0 Å². The van der Waals surface area contributed by atoms with Gasteiger partial charge in [-0.2, -0.15) is 5.10 Å². The van der Waals surface area contributed by atoms with Crippen LogP contribution in [0.5, 0.6) is 0 Å². The Balaban J connectivity index is 2.26. The van der Waals surface area contributed by atoms with Crippen LogP contribution in [0.3, 0.4) is 0 Å². The lowest BCUT2D eigenvalue weighted by Gasteiger charge is -1.98. The summed E-state index contributed by atoms with van der Waals surface area (Å²) in [6.07, 6.45) is 1.99. The molecule has 0 aliphatic carbocycles. The summed E-state index contributed by atoms with van der Waals surface area (Å²) < 4.78 is 3.11. The normalized spacial score (nSPS) is 11.2. The molecule has 2 heterocycles. The summed E-state index contributed by atoms with van der Waals surface area (Å²) in [7, 11) is 1.93. The van der Waals surface area contributed by atoms with Crippen molar-refractivity contribution in [2.75, 3.05) is 0 Å². The van der Waals surface area contributed by atoms with E-state index in [1.54, 1.807) is 11.3 Å². The Labute approximate surface area is 103 Å². The van der Waals surface area contributed by atoms with Crippen LogP contribution in [-0.2, 0) is 13.6 Å². The molecule has 0 fully saturated rings. The van der Waals surface area contributed by atoms with Crippen LogP contribution in [0.2, 0.25) is 0 Å². The molecule has 86 valence electrons. The molecule has 0 saturated heterocycles. The summed E-state index contributed by atoms with van der Waals surface area (Å²) in [6.45, 7) is 0.521. The molecule has 0 aliphatic heterocycles. The lowest BCUT2D eigenvalue weighted by atomic mass is 10.1. The fraction of sp³-hybridized carbons (Fsp3) is 0.154. The maximum absolute atomic E-state index is 5.76. The number of aromatic nitrogens is 2. The number of fused-ring (bicyclic) bond motifs is 1. The smallest absolute Gasteiger partial charge is 0.0982 e. The maximum Gasteiger partial charge on any atom is 0.0982 e. The van der Waals surface area contributed by atoms with Crippen molar-refractivity contribution in [2.24, 2.45) is 12.8 Å². The van der Waals surface area contributed by atoms with Gasteiger partial charge in [0.25, 0.3) is 0 Å². The fourth-order valence-corrected chi connectivity index (χ4v) is 3.02. The van der Waals surface area contributed by atoms with Crippen LogP contribution < -0.4 is 5.73 Å². The van der Waals surface area contributed by atoms with Crippen LogP contribution in [0.15, 0.2) is 35.8 Å². The van der Waals surface area contributed by atoms with E-state index in [0.717, 1.165) is 11.3 Å². The number of nitrogens with zero attached hydrogens (tertiary/aromatic N) is 2. The third kappa shape index (κ3) is 1.66. The Hall–Kier alpha value is -1.65. The van der Waals surface area contributed by atoms with Gasteiger partial charge < -0.3 is 5.73 Å². The van der Waals surface area contributed by atoms with E-state index in [-0.39, 0.29) is 0 Å². The summed E-state index contributed by atoms with van der Waals surface area (Å²) in [5.74, 6) is 0. The molecule has 3 rings (SSSR count). The van der Waals surface area contributed by atoms with Crippen molar-refractivity contribution in [2.45, 2.75) is 6.54 Å². The second kappa shape index (κ2) is 3.98. The Bertz CT molecular complexity index is 666. The summed E-state index contributed by atoms with van der Waals surface area (Å²) in [6, 6.07) is 8.39. The molecule has 0 spiro atoms. The SMILES string of the molecule is Cn1cc(CN)c(-c2csc3ccccc23)n1. The Morgan fingerprint density at radius 2 is 2.18 bits per heavy atom. The number of hydrogen-bond acceptors (Lipinski definition) is 3. The van der Waals surface area contributed by atoms with Gasteiger partial charge in [-0.25, -0.2) is 0 Å². The molecule has 0 aliphatic rings. The maximum atomic E-state index is 5.76. The van der Waals surface area contributed by atoms with Gasteiger partial charge in [-0.15, -0.1) is 11.3 Å². The molecule has 3 aromatic rings. The lowest BCUT2D eigenvalue weighted by Crippen LogP contribution is -1.96. The largest absolute Gasteiger partial charge is 0.326 e. The lowest BCUT2D eigenvalue weighted by molar-refractivity contribution is 0.770. The van der Waals surface area contributed by atoms with E-state index in [1.165, 1.54) is 15.6 Å². The van der Waals surface area contributed by atoms with Gasteiger partial charge in [0.05, 0.1) is 5.69 Å². The number of benzene rings is 1. The molecule has 2 aromatic heterocycles. The van der Waals surface area contributed by atoms with Crippen molar-refractivity contribution in [1.29, 1.82) is 0 Å². The molecule has 2 N–H and O–H groups in total. The van der Waals surface area contributed by atoms with Crippen LogP contribution >= 0.6 is 11.3 Å². The number of nitrogens with two attached hydrogens (primary N) is 1. The molecule has 3 nitrogen and oxygen atoms in total. The highest BCUT2D eigenvalue weighted by Gasteiger charge is 2.12. The number of hydrogen-bond donors (Lipinski definition) is 1. The Morgan fingerprint density at radius 3 is 3.00 bits per heavy atom. The van der Waals surface area contributed by atoms with Gasteiger partial charge in [-0.3, -0.25) is 4.68 Å². The van der Waals surface area contributed by atoms with Crippen molar-refractivity contribution in [1.82, 2.24) is 9.78 Å². The zero-order valence-electron chi connectivity index (χ0n) is 9.55. The first-order valence-electron chi connectivity index (χ1n) is 5.49. The molecular weight excluding hydrogens is 230 g/mol. The van der Waals surface area contributed by atoms with Gasteiger partial charge >= 0.3 is 0 Å². The third-order valence-corrected chi connectivity index (χ3v) is 3.82. The first-order chi connectivity index (χ1) is 8.29. The first-order valence-corrected chi connectivity index (χ1v) is 6.37. The van der Waals surface area contributed by atoms with E-state index < -0.39 is 0 Å². The number of rotatable bonds is 2. The van der Waals surface area contributed by atoms with Gasteiger partial charge in [0.15, 0.2) is 0 Å². The minimum atomic E-state index is 0.521. The molecule has 1 aromatic carbocycles. The predicted molar refractivity (Wildman–Crippen MR) is 71.9 cm³/mol. The van der Waals surface area contributed by atoms with Gasteiger partial charge in [-0.1, -0.05) is 18.2 Å². The molecule has 0 bridgehead atoms. The molecule has 4 heteroatoms. The summed E-state index contributed by atoms with van der Waals surface area (Å²) in [5.41, 5.74) is 9.05. The summed E-state index contributed by atoms with van der Waals surface area (Å²) >= 11 is 1.75. The zero-order chi connectivity index (χ0) is 11.8. The molecule has 0 amide bonds. The zero-order valence-corrected chi connectivity index (χ0v) is 10.4. The topological polar surface area (TPSA) is 43.8 Å². The summed E-state index contributed by atoms with van der Waals surface area (Å²) in [5, 5.41) is 7.93. The highest BCUT2D eigenvalue weighted by Crippen LogP contribution is 2.34. The van der Waals surface area contributed by atoms with Crippen LogP contribution in [0, 0.1) is 0 Å². The van der Waals surface area contributed by atoms with Crippen LogP contribution in [0.25, 0.3) is 21.3 Å². The molecule has 17 heavy (non-hydrogen) atoms. The second-order valence-corrected chi connectivity index (χ2v) is 4.94. The number of aryl methyl sites for hydroxylation is 1. The molecule has 0 saturated carbocycles. The highest BCUT2D eigenvalue weighted by molar-refractivity contribution is 7.17. The van der Waals surface area contributed by atoms with E-state index in [1.807, 2.05) is 17.9 Å². The Kier molecular flexibility index (Phi) is 2.46. The van der Waals surface area contributed by atoms with E-state index in [2.05, 4.69) is 34.7 Å². The van der Waals surface area contributed by atoms with Gasteiger partial charge in [0, 0.05) is 46.4 Å². The first kappa shape index (κ1) is 10.5. The predicted octanol–water partition coefficient (Wildman–Crippen LogP) is 2.76.